The highest BCUT2D eigenvalue weighted by atomic mass is 32.2. The fraction of sp³-hybridized carbons (Fsp3) is 0.235. The zero-order valence-electron chi connectivity index (χ0n) is 14.3. The topological polar surface area (TPSA) is 66.2 Å². The molecule has 0 saturated heterocycles. The van der Waals surface area contributed by atoms with E-state index >= 15 is 0 Å². The van der Waals surface area contributed by atoms with Crippen LogP contribution in [0.5, 0.6) is 11.6 Å². The van der Waals surface area contributed by atoms with E-state index in [1.54, 1.807) is 18.4 Å². The van der Waals surface area contributed by atoms with Crippen molar-refractivity contribution in [1.29, 1.82) is 0 Å². The van der Waals surface area contributed by atoms with Gasteiger partial charge in [-0.15, -0.1) is 0 Å². The summed E-state index contributed by atoms with van der Waals surface area (Å²) >= 11 is 1.24. The van der Waals surface area contributed by atoms with Crippen molar-refractivity contribution in [1.82, 2.24) is 14.5 Å². The second kappa shape index (κ2) is 7.47. The molecule has 0 radical (unpaired) electrons. The molecule has 0 aliphatic rings. The van der Waals surface area contributed by atoms with E-state index in [-0.39, 0.29) is 17.0 Å². The number of nitrogens with zero attached hydrogens (tertiary/aromatic N) is 3. The third kappa shape index (κ3) is 4.16. The SMILES string of the molecule is COc1ccc2c(=O)n(-c3ccc(OCC(F)(F)F)cc3)c(SC)nc2n1. The molecule has 142 valence electrons. The van der Waals surface area contributed by atoms with E-state index in [1.807, 2.05) is 0 Å². The maximum Gasteiger partial charge on any atom is 0.422 e. The maximum atomic E-state index is 12.9. The summed E-state index contributed by atoms with van der Waals surface area (Å²) in [7, 11) is 1.47. The van der Waals surface area contributed by atoms with Crippen LogP contribution in [0, 0.1) is 0 Å². The molecule has 0 bridgehead atoms. The number of hydrogen-bond donors (Lipinski definition) is 0. The van der Waals surface area contributed by atoms with Gasteiger partial charge in [0.2, 0.25) is 5.88 Å². The quantitative estimate of drug-likeness (QED) is 0.485. The van der Waals surface area contributed by atoms with Crippen LogP contribution in [-0.4, -0.2) is 40.7 Å². The summed E-state index contributed by atoms with van der Waals surface area (Å²) < 4.78 is 47.8. The van der Waals surface area contributed by atoms with Crippen molar-refractivity contribution in [3.8, 4) is 17.3 Å². The summed E-state index contributed by atoms with van der Waals surface area (Å²) in [6.07, 6.45) is -2.66. The van der Waals surface area contributed by atoms with Crippen molar-refractivity contribution in [2.24, 2.45) is 0 Å². The largest absolute Gasteiger partial charge is 0.484 e. The fourth-order valence-corrected chi connectivity index (χ4v) is 2.91. The number of alkyl halides is 3. The van der Waals surface area contributed by atoms with E-state index in [2.05, 4.69) is 14.7 Å². The lowest BCUT2D eigenvalue weighted by atomic mass is 10.3. The second-order valence-corrected chi connectivity index (χ2v) is 6.13. The average molecular weight is 397 g/mol. The molecule has 0 N–H and O–H groups in total. The van der Waals surface area contributed by atoms with Gasteiger partial charge in [0, 0.05) is 6.07 Å². The minimum atomic E-state index is -4.42. The lowest BCUT2D eigenvalue weighted by Gasteiger charge is -2.13. The summed E-state index contributed by atoms with van der Waals surface area (Å²) in [4.78, 5) is 21.5. The number of hydrogen-bond acceptors (Lipinski definition) is 6. The van der Waals surface area contributed by atoms with Crippen LogP contribution in [0.2, 0.25) is 0 Å². The van der Waals surface area contributed by atoms with E-state index in [0.29, 0.717) is 22.1 Å². The summed E-state index contributed by atoms with van der Waals surface area (Å²) in [6.45, 7) is -1.38. The van der Waals surface area contributed by atoms with E-state index in [0.717, 1.165) is 0 Å². The van der Waals surface area contributed by atoms with E-state index < -0.39 is 12.8 Å². The molecule has 0 saturated carbocycles. The Morgan fingerprint density at radius 3 is 2.41 bits per heavy atom. The predicted octanol–water partition coefficient (Wildman–Crippen LogP) is 3.45. The minimum absolute atomic E-state index is 0.0509. The van der Waals surface area contributed by atoms with Gasteiger partial charge in [0.25, 0.3) is 5.56 Å². The summed E-state index contributed by atoms with van der Waals surface area (Å²) in [5, 5.41) is 0.684. The standard InChI is InChI=1S/C17H14F3N3O3S/c1-25-13-8-7-12-14(21-13)22-16(27-2)23(15(12)24)10-3-5-11(6-4-10)26-9-17(18,19)20/h3-8H,9H2,1-2H3. The van der Waals surface area contributed by atoms with Crippen LogP contribution in [0.1, 0.15) is 0 Å². The van der Waals surface area contributed by atoms with Crippen molar-refractivity contribution >= 4 is 22.8 Å². The smallest absolute Gasteiger partial charge is 0.422 e. The Bertz CT molecular complexity index is 1020. The molecule has 0 aliphatic carbocycles. The molecule has 0 amide bonds. The first-order valence-corrected chi connectivity index (χ1v) is 8.86. The van der Waals surface area contributed by atoms with E-state index in [4.69, 9.17) is 4.74 Å². The molecule has 0 atom stereocenters. The molecule has 0 unspecified atom stereocenters. The molecule has 3 aromatic rings. The normalized spacial score (nSPS) is 11.6. The summed E-state index contributed by atoms with van der Waals surface area (Å²) in [5.41, 5.74) is 0.363. The van der Waals surface area contributed by atoms with Gasteiger partial charge in [-0.25, -0.2) is 4.98 Å². The molecule has 3 rings (SSSR count). The molecule has 2 heterocycles. The number of ether oxygens (including phenoxy) is 2. The van der Waals surface area contributed by atoms with Crippen LogP contribution < -0.4 is 15.0 Å². The van der Waals surface area contributed by atoms with E-state index in [9.17, 15) is 18.0 Å². The van der Waals surface area contributed by atoms with Crippen LogP contribution in [0.3, 0.4) is 0 Å². The Morgan fingerprint density at radius 1 is 1.11 bits per heavy atom. The number of aromatic nitrogens is 3. The number of pyridine rings is 1. The van der Waals surface area contributed by atoms with Crippen LogP contribution in [0.25, 0.3) is 16.7 Å². The number of methoxy groups -OCH3 is 1. The molecular weight excluding hydrogens is 383 g/mol. The van der Waals surface area contributed by atoms with Gasteiger partial charge >= 0.3 is 6.18 Å². The van der Waals surface area contributed by atoms with Crippen LogP contribution >= 0.6 is 11.8 Å². The predicted molar refractivity (Wildman–Crippen MR) is 95.0 cm³/mol. The molecule has 2 aromatic heterocycles. The molecule has 27 heavy (non-hydrogen) atoms. The Kier molecular flexibility index (Phi) is 5.26. The second-order valence-electron chi connectivity index (χ2n) is 5.36. The third-order valence-corrected chi connectivity index (χ3v) is 4.20. The lowest BCUT2D eigenvalue weighted by molar-refractivity contribution is -0.153. The number of halogens is 3. The van der Waals surface area contributed by atoms with Crippen LogP contribution in [0.4, 0.5) is 13.2 Å². The van der Waals surface area contributed by atoms with Crippen molar-refractivity contribution in [3.05, 3.63) is 46.8 Å². The van der Waals surface area contributed by atoms with Gasteiger partial charge < -0.3 is 9.47 Å². The zero-order chi connectivity index (χ0) is 19.6. The number of thioether (sulfide) groups is 1. The molecule has 10 heteroatoms. The highest BCUT2D eigenvalue weighted by molar-refractivity contribution is 7.98. The van der Waals surface area contributed by atoms with Gasteiger partial charge in [-0.05, 0) is 36.6 Å². The lowest BCUT2D eigenvalue weighted by Crippen LogP contribution is -2.22. The summed E-state index contributed by atoms with van der Waals surface area (Å²) in [5.74, 6) is 0.389. The van der Waals surface area contributed by atoms with E-state index in [1.165, 1.54) is 47.7 Å². The highest BCUT2D eigenvalue weighted by Gasteiger charge is 2.28. The average Bonchev–Trinajstić information content (AvgIpc) is 2.65. The Labute approximate surface area is 156 Å². The molecule has 0 spiro atoms. The third-order valence-electron chi connectivity index (χ3n) is 3.57. The van der Waals surface area contributed by atoms with Crippen molar-refractivity contribution in [2.45, 2.75) is 11.3 Å². The van der Waals surface area contributed by atoms with Gasteiger partial charge in [-0.3, -0.25) is 9.36 Å². The first kappa shape index (κ1) is 19.0. The summed E-state index contributed by atoms with van der Waals surface area (Å²) in [6, 6.07) is 8.86. The molecule has 0 fully saturated rings. The molecule has 1 aromatic carbocycles. The minimum Gasteiger partial charge on any atom is -0.484 e. The van der Waals surface area contributed by atoms with Crippen LogP contribution in [-0.2, 0) is 0 Å². The number of benzene rings is 1. The van der Waals surface area contributed by atoms with Gasteiger partial charge in [0.05, 0.1) is 18.2 Å². The molecule has 6 nitrogen and oxygen atoms in total. The fourth-order valence-electron chi connectivity index (χ4n) is 2.37. The van der Waals surface area contributed by atoms with Gasteiger partial charge in [-0.1, -0.05) is 11.8 Å². The molecular formula is C17H14F3N3O3S. The maximum absolute atomic E-state index is 12.9. The van der Waals surface area contributed by atoms with Gasteiger partial charge in [-0.2, -0.15) is 18.2 Å². The van der Waals surface area contributed by atoms with Crippen molar-refractivity contribution in [2.75, 3.05) is 20.0 Å². The first-order chi connectivity index (χ1) is 12.8. The first-order valence-electron chi connectivity index (χ1n) is 7.64. The van der Waals surface area contributed by atoms with Crippen molar-refractivity contribution < 1.29 is 22.6 Å². The Hall–Kier alpha value is -2.75. The Balaban J connectivity index is 2.03. The Morgan fingerprint density at radius 2 is 1.81 bits per heavy atom. The van der Waals surface area contributed by atoms with Crippen molar-refractivity contribution in [3.63, 3.8) is 0 Å². The highest BCUT2D eigenvalue weighted by Crippen LogP contribution is 2.23. The van der Waals surface area contributed by atoms with Gasteiger partial charge in [0.1, 0.15) is 5.75 Å². The van der Waals surface area contributed by atoms with Gasteiger partial charge in [0.15, 0.2) is 17.4 Å². The molecule has 0 aliphatic heterocycles. The zero-order valence-corrected chi connectivity index (χ0v) is 15.1. The number of fused-ring (bicyclic) bond motifs is 1. The monoisotopic (exact) mass is 397 g/mol. The van der Waals surface area contributed by atoms with Crippen LogP contribution in [0.15, 0.2) is 46.3 Å². The number of rotatable bonds is 5.